The summed E-state index contributed by atoms with van der Waals surface area (Å²) in [5, 5.41) is 11.3. The first-order valence-electron chi connectivity index (χ1n) is 7.60. The van der Waals surface area contributed by atoms with Gasteiger partial charge in [-0.1, -0.05) is 31.5 Å². The summed E-state index contributed by atoms with van der Waals surface area (Å²) in [6.45, 7) is 2.25. The monoisotopic (exact) mass is 297 g/mol. The fourth-order valence-corrected chi connectivity index (χ4v) is 3.29. The van der Waals surface area contributed by atoms with Crippen LogP contribution in [0.4, 0.5) is 11.5 Å². The standard InChI is InChI=1S/C17H19N3O2/c1-11-4-2-3-5-12-10-13(6-7-14(11)12)15-8-9-19-17(18)16(15)20(21)22/h6-11H,2-5H2,1H3,(H2,18,19). The SMILES string of the molecule is CC1CCCCc2cc(-c3ccnc(N)c3[N+](=O)[O-])ccc21. The lowest BCUT2D eigenvalue weighted by molar-refractivity contribution is -0.383. The molecule has 114 valence electrons. The Morgan fingerprint density at radius 1 is 1.32 bits per heavy atom. The zero-order valence-corrected chi connectivity index (χ0v) is 12.6. The van der Waals surface area contributed by atoms with Crippen molar-refractivity contribution in [1.82, 2.24) is 4.98 Å². The topological polar surface area (TPSA) is 82.0 Å². The van der Waals surface area contributed by atoms with Crippen LogP contribution in [-0.4, -0.2) is 9.91 Å². The van der Waals surface area contributed by atoms with E-state index in [9.17, 15) is 10.1 Å². The zero-order valence-electron chi connectivity index (χ0n) is 12.6. The zero-order chi connectivity index (χ0) is 15.7. The largest absolute Gasteiger partial charge is 0.378 e. The van der Waals surface area contributed by atoms with E-state index in [1.165, 1.54) is 36.6 Å². The summed E-state index contributed by atoms with van der Waals surface area (Å²) in [6.07, 6.45) is 6.15. The number of nitrogens with two attached hydrogens (primary N) is 1. The molecule has 1 unspecified atom stereocenters. The lowest BCUT2D eigenvalue weighted by Crippen LogP contribution is -2.01. The third-order valence-electron chi connectivity index (χ3n) is 4.45. The van der Waals surface area contributed by atoms with Crippen molar-refractivity contribution in [1.29, 1.82) is 0 Å². The van der Waals surface area contributed by atoms with Crippen LogP contribution >= 0.6 is 0 Å². The van der Waals surface area contributed by atoms with Gasteiger partial charge in [-0.05, 0) is 47.9 Å². The van der Waals surface area contributed by atoms with Gasteiger partial charge in [0.25, 0.3) is 0 Å². The Hall–Kier alpha value is -2.43. The molecule has 0 radical (unpaired) electrons. The molecule has 3 rings (SSSR count). The van der Waals surface area contributed by atoms with Crippen LogP contribution in [0.15, 0.2) is 30.5 Å². The van der Waals surface area contributed by atoms with E-state index >= 15 is 0 Å². The number of pyridine rings is 1. The molecule has 0 saturated carbocycles. The minimum absolute atomic E-state index is 0.0363. The summed E-state index contributed by atoms with van der Waals surface area (Å²) in [5.74, 6) is 0.509. The van der Waals surface area contributed by atoms with Crippen molar-refractivity contribution in [3.05, 3.63) is 51.7 Å². The van der Waals surface area contributed by atoms with E-state index in [-0.39, 0.29) is 11.5 Å². The van der Waals surface area contributed by atoms with Crippen LogP contribution in [0.3, 0.4) is 0 Å². The van der Waals surface area contributed by atoms with Crippen molar-refractivity contribution < 1.29 is 4.92 Å². The molecule has 1 aromatic carbocycles. The first-order chi connectivity index (χ1) is 10.6. The van der Waals surface area contributed by atoms with E-state index in [0.29, 0.717) is 11.5 Å². The van der Waals surface area contributed by atoms with Crippen molar-refractivity contribution in [2.75, 3.05) is 5.73 Å². The maximum Gasteiger partial charge on any atom is 0.318 e. The van der Waals surface area contributed by atoms with E-state index in [4.69, 9.17) is 5.73 Å². The average Bonchev–Trinajstić information content (AvgIpc) is 2.68. The molecular weight excluding hydrogens is 278 g/mol. The molecule has 0 spiro atoms. The molecule has 1 aromatic heterocycles. The molecule has 0 fully saturated rings. The van der Waals surface area contributed by atoms with Gasteiger partial charge in [0.05, 0.1) is 10.5 Å². The van der Waals surface area contributed by atoms with E-state index in [2.05, 4.69) is 24.0 Å². The van der Waals surface area contributed by atoms with Crippen LogP contribution in [0.1, 0.15) is 43.2 Å². The molecule has 1 aliphatic carbocycles. The van der Waals surface area contributed by atoms with E-state index in [0.717, 1.165) is 12.0 Å². The Bertz CT molecular complexity index is 728. The van der Waals surface area contributed by atoms with Gasteiger partial charge < -0.3 is 5.73 Å². The summed E-state index contributed by atoms with van der Waals surface area (Å²) >= 11 is 0. The summed E-state index contributed by atoms with van der Waals surface area (Å²) in [6, 6.07) is 7.82. The number of aromatic nitrogens is 1. The molecule has 5 nitrogen and oxygen atoms in total. The molecule has 1 atom stereocenters. The van der Waals surface area contributed by atoms with Crippen molar-refractivity contribution in [3.8, 4) is 11.1 Å². The number of hydrogen-bond acceptors (Lipinski definition) is 4. The van der Waals surface area contributed by atoms with Crippen LogP contribution in [0.5, 0.6) is 0 Å². The minimum Gasteiger partial charge on any atom is -0.378 e. The highest BCUT2D eigenvalue weighted by Crippen LogP contribution is 2.37. The van der Waals surface area contributed by atoms with Crippen molar-refractivity contribution in [2.45, 2.75) is 38.5 Å². The highest BCUT2D eigenvalue weighted by atomic mass is 16.6. The van der Waals surface area contributed by atoms with Gasteiger partial charge >= 0.3 is 5.69 Å². The second-order valence-corrected chi connectivity index (χ2v) is 5.91. The lowest BCUT2D eigenvalue weighted by atomic mass is 9.91. The second-order valence-electron chi connectivity index (χ2n) is 5.91. The number of nitro groups is 1. The quantitative estimate of drug-likeness (QED) is 0.514. The molecule has 0 aliphatic heterocycles. The summed E-state index contributed by atoms with van der Waals surface area (Å²) in [5.41, 5.74) is 9.63. The summed E-state index contributed by atoms with van der Waals surface area (Å²) in [7, 11) is 0. The maximum absolute atomic E-state index is 11.3. The third-order valence-corrected chi connectivity index (χ3v) is 4.45. The number of nitrogens with zero attached hydrogens (tertiary/aromatic N) is 2. The summed E-state index contributed by atoms with van der Waals surface area (Å²) in [4.78, 5) is 14.7. The summed E-state index contributed by atoms with van der Waals surface area (Å²) < 4.78 is 0. The van der Waals surface area contributed by atoms with Crippen LogP contribution in [-0.2, 0) is 6.42 Å². The first kappa shape index (κ1) is 14.5. The van der Waals surface area contributed by atoms with Gasteiger partial charge in [0.15, 0.2) is 0 Å². The van der Waals surface area contributed by atoms with Gasteiger partial charge in [0, 0.05) is 6.20 Å². The van der Waals surface area contributed by atoms with Crippen molar-refractivity contribution in [3.63, 3.8) is 0 Å². The molecule has 0 saturated heterocycles. The number of fused-ring (bicyclic) bond motifs is 1. The molecule has 22 heavy (non-hydrogen) atoms. The fraction of sp³-hybridized carbons (Fsp3) is 0.353. The number of aryl methyl sites for hydroxylation is 1. The molecule has 0 amide bonds. The average molecular weight is 297 g/mol. The fourth-order valence-electron chi connectivity index (χ4n) is 3.29. The Kier molecular flexibility index (Phi) is 3.79. The number of anilines is 1. The Balaban J connectivity index is 2.13. The molecular formula is C17H19N3O2. The van der Waals surface area contributed by atoms with Gasteiger partial charge in [0.1, 0.15) is 0 Å². The highest BCUT2D eigenvalue weighted by Gasteiger charge is 2.22. The van der Waals surface area contributed by atoms with Gasteiger partial charge in [-0.3, -0.25) is 10.1 Å². The van der Waals surface area contributed by atoms with E-state index in [1.807, 2.05) is 6.07 Å². The van der Waals surface area contributed by atoms with Crippen molar-refractivity contribution >= 4 is 11.5 Å². The highest BCUT2D eigenvalue weighted by molar-refractivity contribution is 5.79. The Morgan fingerprint density at radius 2 is 2.14 bits per heavy atom. The van der Waals surface area contributed by atoms with Crippen LogP contribution < -0.4 is 5.73 Å². The van der Waals surface area contributed by atoms with Crippen LogP contribution in [0, 0.1) is 10.1 Å². The van der Waals surface area contributed by atoms with Crippen molar-refractivity contribution in [2.24, 2.45) is 0 Å². The van der Waals surface area contributed by atoms with Crippen LogP contribution in [0.2, 0.25) is 0 Å². The molecule has 2 N–H and O–H groups in total. The molecule has 0 bridgehead atoms. The molecule has 2 aromatic rings. The molecule has 1 aliphatic rings. The van der Waals surface area contributed by atoms with Crippen LogP contribution in [0.25, 0.3) is 11.1 Å². The van der Waals surface area contributed by atoms with Gasteiger partial charge in [-0.15, -0.1) is 0 Å². The number of rotatable bonds is 2. The minimum atomic E-state index is -0.452. The molecule has 1 heterocycles. The third kappa shape index (κ3) is 2.54. The number of nitrogen functional groups attached to an aromatic ring is 1. The normalized spacial score (nSPS) is 17.6. The predicted molar refractivity (Wildman–Crippen MR) is 86.7 cm³/mol. The van der Waals surface area contributed by atoms with Gasteiger partial charge in [-0.25, -0.2) is 4.98 Å². The smallest absolute Gasteiger partial charge is 0.318 e. The van der Waals surface area contributed by atoms with Gasteiger partial charge in [0.2, 0.25) is 5.82 Å². The maximum atomic E-state index is 11.3. The van der Waals surface area contributed by atoms with E-state index < -0.39 is 4.92 Å². The second kappa shape index (κ2) is 5.75. The predicted octanol–water partition coefficient (Wildman–Crippen LogP) is 4.07. The Labute approximate surface area is 129 Å². The number of benzene rings is 1. The first-order valence-corrected chi connectivity index (χ1v) is 7.60. The lowest BCUT2D eigenvalue weighted by Gasteiger charge is -2.14. The number of hydrogen-bond donors (Lipinski definition) is 1. The Morgan fingerprint density at radius 3 is 2.91 bits per heavy atom. The molecule has 5 heteroatoms. The van der Waals surface area contributed by atoms with E-state index in [1.54, 1.807) is 6.07 Å². The van der Waals surface area contributed by atoms with Gasteiger partial charge in [-0.2, -0.15) is 0 Å².